The van der Waals surface area contributed by atoms with Crippen LogP contribution in [0.1, 0.15) is 54.5 Å². The number of fused-ring (bicyclic) bond motifs is 1. The highest BCUT2D eigenvalue weighted by atomic mass is 16.5. The number of nitrogens with one attached hydrogen (secondary N) is 1. The third-order valence-corrected chi connectivity index (χ3v) is 5.61. The first kappa shape index (κ1) is 20.3. The fourth-order valence-corrected chi connectivity index (χ4v) is 3.83. The summed E-state index contributed by atoms with van der Waals surface area (Å²) in [5.41, 5.74) is 4.36. The first-order chi connectivity index (χ1) is 14.4. The molecule has 0 aliphatic carbocycles. The SMILES string of the molecule is Cc1nc2c(cnn2C(C)C)cc1C(=O)NC(C)c1ccc(N2CCOCC2)cc1. The Kier molecular flexibility index (Phi) is 5.72. The van der Waals surface area contributed by atoms with Crippen LogP contribution in [0.3, 0.4) is 0 Å². The van der Waals surface area contributed by atoms with Gasteiger partial charge in [0.1, 0.15) is 0 Å². The summed E-state index contributed by atoms with van der Waals surface area (Å²) in [5, 5.41) is 8.39. The van der Waals surface area contributed by atoms with E-state index in [4.69, 9.17) is 4.74 Å². The molecule has 2 aromatic heterocycles. The van der Waals surface area contributed by atoms with Crippen molar-refractivity contribution in [3.63, 3.8) is 0 Å². The number of pyridine rings is 1. The number of hydrogen-bond acceptors (Lipinski definition) is 5. The average Bonchev–Trinajstić information content (AvgIpc) is 3.16. The van der Waals surface area contributed by atoms with E-state index in [1.54, 1.807) is 6.20 Å². The van der Waals surface area contributed by atoms with Gasteiger partial charge in [0, 0.05) is 30.2 Å². The largest absolute Gasteiger partial charge is 0.378 e. The minimum absolute atomic E-state index is 0.107. The maximum absolute atomic E-state index is 12.9. The summed E-state index contributed by atoms with van der Waals surface area (Å²) < 4.78 is 7.30. The van der Waals surface area contributed by atoms with Gasteiger partial charge in [0.2, 0.25) is 0 Å². The Balaban J connectivity index is 1.48. The lowest BCUT2D eigenvalue weighted by molar-refractivity contribution is 0.0939. The van der Waals surface area contributed by atoms with Crippen LogP contribution in [0.2, 0.25) is 0 Å². The van der Waals surface area contributed by atoms with Crippen LogP contribution in [0, 0.1) is 6.92 Å². The molecule has 3 aromatic rings. The van der Waals surface area contributed by atoms with Crippen LogP contribution in [0.4, 0.5) is 5.69 Å². The molecule has 1 aromatic carbocycles. The van der Waals surface area contributed by atoms with Crippen molar-refractivity contribution in [2.45, 2.75) is 39.8 Å². The van der Waals surface area contributed by atoms with Gasteiger partial charge in [0.25, 0.3) is 5.91 Å². The highest BCUT2D eigenvalue weighted by molar-refractivity contribution is 5.98. The number of ether oxygens (including phenoxy) is 1. The van der Waals surface area contributed by atoms with E-state index < -0.39 is 0 Å². The number of aromatic nitrogens is 3. The fourth-order valence-electron chi connectivity index (χ4n) is 3.83. The number of carbonyl (C=O) groups is 1. The van der Waals surface area contributed by atoms with E-state index in [9.17, 15) is 4.79 Å². The number of carbonyl (C=O) groups excluding carboxylic acids is 1. The van der Waals surface area contributed by atoms with Gasteiger partial charge in [0.15, 0.2) is 5.65 Å². The zero-order chi connectivity index (χ0) is 21.3. The average molecular weight is 408 g/mol. The van der Waals surface area contributed by atoms with E-state index in [-0.39, 0.29) is 18.0 Å². The predicted molar refractivity (Wildman–Crippen MR) is 118 cm³/mol. The second kappa shape index (κ2) is 8.44. The Labute approximate surface area is 177 Å². The van der Waals surface area contributed by atoms with Crippen molar-refractivity contribution in [2.75, 3.05) is 31.2 Å². The highest BCUT2D eigenvalue weighted by Gasteiger charge is 2.18. The molecule has 1 atom stereocenters. The second-order valence-electron chi connectivity index (χ2n) is 8.10. The van der Waals surface area contributed by atoms with Gasteiger partial charge < -0.3 is 15.0 Å². The van der Waals surface area contributed by atoms with Crippen LogP contribution in [-0.4, -0.2) is 47.0 Å². The number of anilines is 1. The molecular weight excluding hydrogens is 378 g/mol. The number of benzene rings is 1. The molecule has 1 aliphatic rings. The number of amides is 1. The van der Waals surface area contributed by atoms with Gasteiger partial charge in [-0.25, -0.2) is 9.67 Å². The zero-order valence-electron chi connectivity index (χ0n) is 18.1. The van der Waals surface area contributed by atoms with E-state index in [0.29, 0.717) is 11.3 Å². The van der Waals surface area contributed by atoms with E-state index >= 15 is 0 Å². The summed E-state index contributed by atoms with van der Waals surface area (Å²) in [6, 6.07) is 10.4. The molecule has 1 amide bonds. The molecule has 0 saturated carbocycles. The van der Waals surface area contributed by atoms with Gasteiger partial charge in [-0.15, -0.1) is 0 Å². The number of rotatable bonds is 5. The Bertz CT molecular complexity index is 1040. The molecule has 30 heavy (non-hydrogen) atoms. The number of hydrogen-bond donors (Lipinski definition) is 1. The van der Waals surface area contributed by atoms with Crippen molar-refractivity contribution < 1.29 is 9.53 Å². The number of nitrogens with zero attached hydrogens (tertiary/aromatic N) is 4. The molecule has 0 bridgehead atoms. The van der Waals surface area contributed by atoms with Gasteiger partial charge in [-0.2, -0.15) is 5.10 Å². The topological polar surface area (TPSA) is 72.3 Å². The van der Waals surface area contributed by atoms with Crippen LogP contribution < -0.4 is 10.2 Å². The molecule has 1 saturated heterocycles. The number of morpholine rings is 1. The van der Waals surface area contributed by atoms with Crippen molar-refractivity contribution in [2.24, 2.45) is 0 Å². The summed E-state index contributed by atoms with van der Waals surface area (Å²) >= 11 is 0. The zero-order valence-corrected chi connectivity index (χ0v) is 18.1. The Morgan fingerprint density at radius 2 is 1.83 bits per heavy atom. The van der Waals surface area contributed by atoms with E-state index in [1.807, 2.05) is 24.6 Å². The van der Waals surface area contributed by atoms with Crippen molar-refractivity contribution in [3.05, 3.63) is 53.3 Å². The maximum atomic E-state index is 12.9. The molecule has 7 nitrogen and oxygen atoms in total. The lowest BCUT2D eigenvalue weighted by Gasteiger charge is -2.29. The minimum atomic E-state index is -0.121. The van der Waals surface area contributed by atoms with Crippen LogP contribution in [0.15, 0.2) is 36.5 Å². The van der Waals surface area contributed by atoms with Crippen molar-refractivity contribution in [3.8, 4) is 0 Å². The maximum Gasteiger partial charge on any atom is 0.253 e. The summed E-state index contributed by atoms with van der Waals surface area (Å²) in [5.74, 6) is -0.121. The second-order valence-corrected chi connectivity index (χ2v) is 8.10. The lowest BCUT2D eigenvalue weighted by Crippen LogP contribution is -2.36. The fraction of sp³-hybridized carbons (Fsp3) is 0.435. The summed E-state index contributed by atoms with van der Waals surface area (Å²) in [7, 11) is 0. The smallest absolute Gasteiger partial charge is 0.253 e. The van der Waals surface area contributed by atoms with E-state index in [0.717, 1.165) is 42.9 Å². The third-order valence-electron chi connectivity index (χ3n) is 5.61. The molecule has 1 unspecified atom stereocenters. The first-order valence-corrected chi connectivity index (χ1v) is 10.5. The quantitative estimate of drug-likeness (QED) is 0.699. The number of aryl methyl sites for hydroxylation is 1. The molecular formula is C23H29N5O2. The molecule has 0 spiro atoms. The Morgan fingerprint density at radius 3 is 2.50 bits per heavy atom. The summed E-state index contributed by atoms with van der Waals surface area (Å²) in [6.07, 6.45) is 1.77. The molecule has 1 aliphatic heterocycles. The standard InChI is InChI=1S/C23H29N5O2/c1-15(2)28-22-19(14-24-28)13-21(17(4)25-22)23(29)26-16(3)18-5-7-20(8-6-18)27-9-11-30-12-10-27/h5-8,13-16H,9-12H2,1-4H3,(H,26,29). The van der Waals surface area contributed by atoms with Gasteiger partial charge in [-0.1, -0.05) is 12.1 Å². The van der Waals surface area contributed by atoms with Gasteiger partial charge in [-0.05, 0) is 51.5 Å². The normalized spacial score (nSPS) is 15.6. The molecule has 4 rings (SSSR count). The molecule has 1 N–H and O–H groups in total. The van der Waals surface area contributed by atoms with Crippen molar-refractivity contribution in [1.29, 1.82) is 0 Å². The van der Waals surface area contributed by atoms with Gasteiger partial charge in [-0.3, -0.25) is 4.79 Å². The Hall–Kier alpha value is -2.93. The van der Waals surface area contributed by atoms with Crippen molar-refractivity contribution in [1.82, 2.24) is 20.1 Å². The first-order valence-electron chi connectivity index (χ1n) is 10.5. The van der Waals surface area contributed by atoms with Crippen LogP contribution in [0.5, 0.6) is 0 Å². The molecule has 158 valence electrons. The molecule has 1 fully saturated rings. The highest BCUT2D eigenvalue weighted by Crippen LogP contribution is 2.22. The van der Waals surface area contributed by atoms with Crippen LogP contribution in [0.25, 0.3) is 11.0 Å². The summed E-state index contributed by atoms with van der Waals surface area (Å²) in [4.78, 5) is 19.9. The molecule has 0 radical (unpaired) electrons. The molecule has 7 heteroatoms. The van der Waals surface area contributed by atoms with Crippen molar-refractivity contribution >= 4 is 22.6 Å². The van der Waals surface area contributed by atoms with Gasteiger partial charge in [0.05, 0.1) is 36.7 Å². The van der Waals surface area contributed by atoms with Crippen LogP contribution in [-0.2, 0) is 4.74 Å². The minimum Gasteiger partial charge on any atom is -0.378 e. The van der Waals surface area contributed by atoms with E-state index in [2.05, 4.69) is 58.4 Å². The summed E-state index contributed by atoms with van der Waals surface area (Å²) in [6.45, 7) is 11.4. The third kappa shape index (κ3) is 4.03. The molecule has 3 heterocycles. The van der Waals surface area contributed by atoms with Crippen LogP contribution >= 0.6 is 0 Å². The van der Waals surface area contributed by atoms with E-state index in [1.165, 1.54) is 5.69 Å². The monoisotopic (exact) mass is 407 g/mol. The Morgan fingerprint density at radius 1 is 1.13 bits per heavy atom. The predicted octanol–water partition coefficient (Wildman–Crippen LogP) is 3.65. The lowest BCUT2D eigenvalue weighted by atomic mass is 10.1. The van der Waals surface area contributed by atoms with Gasteiger partial charge >= 0.3 is 0 Å².